The van der Waals surface area contributed by atoms with E-state index in [0.29, 0.717) is 55.7 Å². The van der Waals surface area contributed by atoms with E-state index >= 15 is 0 Å². The van der Waals surface area contributed by atoms with Crippen molar-refractivity contribution in [1.29, 1.82) is 0 Å². The minimum absolute atomic E-state index is 0.0352. The second-order valence-electron chi connectivity index (χ2n) is 13.0. The van der Waals surface area contributed by atoms with Crippen molar-refractivity contribution in [2.75, 3.05) is 49.8 Å². The number of carbonyl (C=O) groups excluding carboxylic acids is 1. The molecule has 2 aromatic heterocycles. The number of benzene rings is 1. The van der Waals surface area contributed by atoms with Gasteiger partial charge >= 0.3 is 6.18 Å². The normalized spacial score (nSPS) is 21.5. The number of carbonyl (C=O) groups is 1. The molecule has 0 N–H and O–H groups in total. The van der Waals surface area contributed by atoms with Gasteiger partial charge in [-0.05, 0) is 68.7 Å². The quantitative estimate of drug-likeness (QED) is 0.273. The van der Waals surface area contributed by atoms with Gasteiger partial charge in [-0.25, -0.2) is 14.6 Å². The van der Waals surface area contributed by atoms with Gasteiger partial charge in [0.15, 0.2) is 0 Å². The Morgan fingerprint density at radius 1 is 1.00 bits per heavy atom. The first kappa shape index (κ1) is 33.7. The molecule has 2 aliphatic heterocycles. The SMILES string of the molecule is COc1ccc(Cn2ncc(N3CCCC3COCCC(=O)N3[C@H](C)CN(c4ncc(C5CC5)cn4)C[C@@H]3C)c(C(F)(F)F)c2=O)cc1. The predicted molar refractivity (Wildman–Crippen MR) is 173 cm³/mol. The van der Waals surface area contributed by atoms with Crippen LogP contribution in [0.15, 0.2) is 47.7 Å². The van der Waals surface area contributed by atoms with Gasteiger partial charge in [-0.2, -0.15) is 18.3 Å². The Morgan fingerprint density at radius 3 is 2.31 bits per heavy atom. The van der Waals surface area contributed by atoms with E-state index in [2.05, 4.69) is 20.0 Å². The van der Waals surface area contributed by atoms with Gasteiger partial charge < -0.3 is 24.2 Å². The van der Waals surface area contributed by atoms with Gasteiger partial charge in [0.2, 0.25) is 11.9 Å². The van der Waals surface area contributed by atoms with Crippen LogP contribution in [0, 0.1) is 0 Å². The Labute approximate surface area is 277 Å². The lowest BCUT2D eigenvalue weighted by atomic mass is 10.1. The van der Waals surface area contributed by atoms with E-state index in [9.17, 15) is 22.8 Å². The van der Waals surface area contributed by atoms with Crippen LogP contribution < -0.4 is 20.1 Å². The number of rotatable bonds is 11. The highest BCUT2D eigenvalue weighted by molar-refractivity contribution is 5.77. The van der Waals surface area contributed by atoms with Crippen molar-refractivity contribution in [2.24, 2.45) is 0 Å². The number of methoxy groups -OCH3 is 1. The zero-order chi connectivity index (χ0) is 34.0. The van der Waals surface area contributed by atoms with Crippen LogP contribution in [0.3, 0.4) is 0 Å². The molecule has 11 nitrogen and oxygen atoms in total. The highest BCUT2D eigenvalue weighted by Crippen LogP contribution is 2.40. The standard InChI is InChI=1S/C34H42F3N7O4/c1-22-18-41(33-38-15-26(16-39-33)25-8-9-25)19-23(2)44(22)30(45)12-14-48-21-27-5-4-13-42(27)29-17-40-43(32(46)31(29)34(35,36)37)20-24-6-10-28(47-3)11-7-24/h6-7,10-11,15-17,22-23,25,27H,4-5,8-9,12-14,18-21H2,1-3H3/t22-,23+,27?. The van der Waals surface area contributed by atoms with E-state index in [1.54, 1.807) is 29.2 Å². The largest absolute Gasteiger partial charge is 0.497 e. The molecule has 0 spiro atoms. The summed E-state index contributed by atoms with van der Waals surface area (Å²) in [6.45, 7) is 5.75. The molecule has 1 amide bonds. The lowest BCUT2D eigenvalue weighted by molar-refractivity contribution is -0.139. The Morgan fingerprint density at radius 2 is 1.69 bits per heavy atom. The van der Waals surface area contributed by atoms with E-state index in [-0.39, 0.29) is 55.9 Å². The molecule has 3 fully saturated rings. The molecular weight excluding hydrogens is 627 g/mol. The number of nitrogens with zero attached hydrogens (tertiary/aromatic N) is 7. The molecule has 3 aliphatic rings. The first-order valence-electron chi connectivity index (χ1n) is 16.6. The van der Waals surface area contributed by atoms with Crippen molar-refractivity contribution < 1.29 is 27.4 Å². The van der Waals surface area contributed by atoms with Crippen LogP contribution in [0.1, 0.15) is 68.6 Å². The summed E-state index contributed by atoms with van der Waals surface area (Å²) in [6.07, 6.45) is 3.86. The van der Waals surface area contributed by atoms with E-state index in [1.165, 1.54) is 25.5 Å². The summed E-state index contributed by atoms with van der Waals surface area (Å²) in [4.78, 5) is 41.1. The lowest BCUT2D eigenvalue weighted by Gasteiger charge is -2.44. The zero-order valence-electron chi connectivity index (χ0n) is 27.5. The van der Waals surface area contributed by atoms with Crippen LogP contribution in [0.2, 0.25) is 0 Å². The van der Waals surface area contributed by atoms with Crippen molar-refractivity contribution in [3.05, 3.63) is 69.9 Å². The summed E-state index contributed by atoms with van der Waals surface area (Å²) in [5, 5.41) is 4.12. The molecule has 3 aromatic rings. The summed E-state index contributed by atoms with van der Waals surface area (Å²) >= 11 is 0. The zero-order valence-corrected chi connectivity index (χ0v) is 27.5. The third kappa shape index (κ3) is 7.43. The molecule has 2 saturated heterocycles. The molecule has 1 unspecified atom stereocenters. The molecule has 14 heteroatoms. The fraction of sp³-hybridized carbons (Fsp3) is 0.559. The summed E-state index contributed by atoms with van der Waals surface area (Å²) in [5.41, 5.74) is -0.879. The molecule has 258 valence electrons. The Hall–Kier alpha value is -4.20. The van der Waals surface area contributed by atoms with E-state index in [1.807, 2.05) is 31.1 Å². The second kappa shape index (κ2) is 14.1. The Kier molecular flexibility index (Phi) is 9.90. The number of hydrogen-bond donors (Lipinski definition) is 0. The molecule has 6 rings (SSSR count). The maximum absolute atomic E-state index is 14.3. The predicted octanol–water partition coefficient (Wildman–Crippen LogP) is 4.49. The summed E-state index contributed by atoms with van der Waals surface area (Å²) < 4.78 is 54.9. The van der Waals surface area contributed by atoms with Gasteiger partial charge in [0.1, 0.15) is 11.3 Å². The average molecular weight is 670 g/mol. The van der Waals surface area contributed by atoms with Gasteiger partial charge in [-0.1, -0.05) is 12.1 Å². The van der Waals surface area contributed by atoms with Crippen LogP contribution in [0.4, 0.5) is 24.8 Å². The highest BCUT2D eigenvalue weighted by Gasteiger charge is 2.41. The fourth-order valence-electron chi connectivity index (χ4n) is 6.91. The number of alkyl halides is 3. The molecule has 4 heterocycles. The number of ether oxygens (including phenoxy) is 2. The van der Waals surface area contributed by atoms with Crippen molar-refractivity contribution in [1.82, 2.24) is 24.6 Å². The van der Waals surface area contributed by atoms with Crippen molar-refractivity contribution in [3.8, 4) is 5.75 Å². The molecule has 1 saturated carbocycles. The third-order valence-electron chi connectivity index (χ3n) is 9.45. The van der Waals surface area contributed by atoms with Gasteiger partial charge in [0.25, 0.3) is 5.56 Å². The van der Waals surface area contributed by atoms with Gasteiger partial charge in [0, 0.05) is 44.1 Å². The van der Waals surface area contributed by atoms with Crippen molar-refractivity contribution in [3.63, 3.8) is 0 Å². The molecule has 1 aromatic carbocycles. The first-order chi connectivity index (χ1) is 23.0. The number of amides is 1. The number of anilines is 2. The van der Waals surface area contributed by atoms with Gasteiger partial charge in [-0.3, -0.25) is 9.59 Å². The molecule has 3 atom stereocenters. The van der Waals surface area contributed by atoms with Crippen LogP contribution in [0.5, 0.6) is 5.75 Å². The van der Waals surface area contributed by atoms with Crippen LogP contribution in [0.25, 0.3) is 0 Å². The Bertz CT molecular complexity index is 1620. The van der Waals surface area contributed by atoms with E-state index in [4.69, 9.17) is 9.47 Å². The second-order valence-corrected chi connectivity index (χ2v) is 13.0. The van der Waals surface area contributed by atoms with Gasteiger partial charge in [0.05, 0.1) is 51.2 Å². The molecule has 0 radical (unpaired) electrons. The fourth-order valence-corrected chi connectivity index (χ4v) is 6.91. The molecular formula is C34H42F3N7O4. The van der Waals surface area contributed by atoms with Crippen molar-refractivity contribution in [2.45, 2.75) is 82.7 Å². The first-order valence-corrected chi connectivity index (χ1v) is 16.6. The maximum atomic E-state index is 14.3. The van der Waals surface area contributed by atoms with E-state index < -0.39 is 17.3 Å². The topological polar surface area (TPSA) is 106 Å². The molecule has 0 bridgehead atoms. The molecule has 48 heavy (non-hydrogen) atoms. The monoisotopic (exact) mass is 669 g/mol. The lowest BCUT2D eigenvalue weighted by Crippen LogP contribution is -2.59. The molecule has 1 aliphatic carbocycles. The summed E-state index contributed by atoms with van der Waals surface area (Å²) in [6, 6.07) is 6.21. The third-order valence-corrected chi connectivity index (χ3v) is 9.45. The van der Waals surface area contributed by atoms with Gasteiger partial charge in [-0.15, -0.1) is 0 Å². The minimum atomic E-state index is -4.87. The maximum Gasteiger partial charge on any atom is 0.423 e. The average Bonchev–Trinajstić information content (AvgIpc) is 3.81. The van der Waals surface area contributed by atoms with Crippen molar-refractivity contribution >= 4 is 17.5 Å². The Balaban J connectivity index is 1.04. The highest BCUT2D eigenvalue weighted by atomic mass is 19.4. The summed E-state index contributed by atoms with van der Waals surface area (Å²) in [7, 11) is 1.51. The minimum Gasteiger partial charge on any atom is -0.497 e. The summed E-state index contributed by atoms with van der Waals surface area (Å²) in [5.74, 6) is 1.83. The number of piperazine rings is 1. The van der Waals surface area contributed by atoms with Crippen LogP contribution in [-0.2, 0) is 22.3 Å². The van der Waals surface area contributed by atoms with Crippen LogP contribution in [-0.4, -0.2) is 88.6 Å². The smallest absolute Gasteiger partial charge is 0.423 e. The number of aromatic nitrogens is 4. The van der Waals surface area contributed by atoms with E-state index in [0.717, 1.165) is 10.9 Å². The number of halogens is 3. The van der Waals surface area contributed by atoms with Crippen LogP contribution >= 0.6 is 0 Å². The number of hydrogen-bond acceptors (Lipinski definition) is 9.